The van der Waals surface area contributed by atoms with Crippen LogP contribution in [0.25, 0.3) is 0 Å². The minimum absolute atomic E-state index is 0.0107. The molecule has 1 atom stereocenters. The number of hydrogen-bond donors (Lipinski definition) is 4. The molecule has 32 heavy (non-hydrogen) atoms. The smallest absolute Gasteiger partial charge is 0.245 e. The number of hydrogen-bond acceptors (Lipinski definition) is 6. The SMILES string of the molecule is NC(=O)CC[C@H](NC(=O)Cc1ccc(O)cc1O)C(=O)N1CCN(C2CCCCC2)CC1. The molecule has 1 saturated heterocycles. The number of carbonyl (C=O) groups excluding carboxylic acids is 3. The summed E-state index contributed by atoms with van der Waals surface area (Å²) in [5.41, 5.74) is 5.60. The van der Waals surface area contributed by atoms with E-state index in [1.807, 2.05) is 0 Å². The molecule has 1 saturated carbocycles. The van der Waals surface area contributed by atoms with Crippen molar-refractivity contribution in [3.8, 4) is 11.5 Å². The van der Waals surface area contributed by atoms with E-state index in [1.165, 1.54) is 44.2 Å². The molecule has 176 valence electrons. The van der Waals surface area contributed by atoms with Gasteiger partial charge in [0.15, 0.2) is 0 Å². The third-order valence-corrected chi connectivity index (χ3v) is 6.45. The van der Waals surface area contributed by atoms with Gasteiger partial charge in [-0.1, -0.05) is 25.3 Å². The van der Waals surface area contributed by atoms with Gasteiger partial charge < -0.3 is 26.2 Å². The molecule has 3 rings (SSSR count). The maximum absolute atomic E-state index is 13.2. The minimum atomic E-state index is -0.851. The molecule has 0 aromatic heterocycles. The predicted molar refractivity (Wildman–Crippen MR) is 119 cm³/mol. The highest BCUT2D eigenvalue weighted by Crippen LogP contribution is 2.24. The third-order valence-electron chi connectivity index (χ3n) is 6.45. The number of phenolic OH excluding ortho intramolecular Hbond substituents is 2. The Kier molecular flexibility index (Phi) is 8.33. The fourth-order valence-corrected chi connectivity index (χ4v) is 4.64. The van der Waals surface area contributed by atoms with Crippen molar-refractivity contribution in [2.24, 2.45) is 5.73 Å². The van der Waals surface area contributed by atoms with Crippen LogP contribution in [0.5, 0.6) is 11.5 Å². The Balaban J connectivity index is 1.58. The van der Waals surface area contributed by atoms with Crippen molar-refractivity contribution in [1.29, 1.82) is 0 Å². The van der Waals surface area contributed by atoms with E-state index in [2.05, 4.69) is 10.2 Å². The number of primary amides is 1. The summed E-state index contributed by atoms with van der Waals surface area (Å²) in [6.07, 6.45) is 6.24. The molecule has 0 radical (unpaired) electrons. The number of carbonyl (C=O) groups is 3. The average Bonchev–Trinajstić information content (AvgIpc) is 2.78. The monoisotopic (exact) mass is 446 g/mol. The number of amides is 3. The summed E-state index contributed by atoms with van der Waals surface area (Å²) < 4.78 is 0. The molecule has 9 nitrogen and oxygen atoms in total. The van der Waals surface area contributed by atoms with Crippen LogP contribution in [-0.4, -0.2) is 76.0 Å². The molecular weight excluding hydrogens is 412 g/mol. The van der Waals surface area contributed by atoms with Crippen LogP contribution in [0, 0.1) is 0 Å². The van der Waals surface area contributed by atoms with E-state index in [-0.39, 0.29) is 36.7 Å². The normalized spacial score (nSPS) is 18.8. The van der Waals surface area contributed by atoms with E-state index in [0.29, 0.717) is 24.7 Å². The lowest BCUT2D eigenvalue weighted by molar-refractivity contribution is -0.138. The van der Waals surface area contributed by atoms with Gasteiger partial charge >= 0.3 is 0 Å². The lowest BCUT2D eigenvalue weighted by Gasteiger charge is -2.41. The number of nitrogens with one attached hydrogen (secondary N) is 1. The highest BCUT2D eigenvalue weighted by molar-refractivity contribution is 5.89. The molecule has 0 spiro atoms. The number of benzene rings is 1. The molecule has 2 aliphatic rings. The zero-order valence-corrected chi connectivity index (χ0v) is 18.5. The number of nitrogens with two attached hydrogens (primary N) is 1. The molecule has 1 aromatic rings. The fraction of sp³-hybridized carbons (Fsp3) is 0.609. The number of piperazine rings is 1. The van der Waals surface area contributed by atoms with Gasteiger partial charge in [0.2, 0.25) is 17.7 Å². The van der Waals surface area contributed by atoms with Gasteiger partial charge in [-0.05, 0) is 25.3 Å². The zero-order valence-electron chi connectivity index (χ0n) is 18.5. The summed E-state index contributed by atoms with van der Waals surface area (Å²) in [6.45, 7) is 2.82. The standard InChI is InChI=1S/C23H34N4O5/c24-21(30)9-8-19(25-22(31)14-16-6-7-18(28)15-20(16)29)23(32)27-12-10-26(11-13-27)17-4-2-1-3-5-17/h6-7,15,17,19,28-29H,1-5,8-14H2,(H2,24,30)(H,25,31)/t19-/m0/s1. The van der Waals surface area contributed by atoms with Crippen LogP contribution in [0.1, 0.15) is 50.5 Å². The topological polar surface area (TPSA) is 136 Å². The van der Waals surface area contributed by atoms with E-state index in [0.717, 1.165) is 19.2 Å². The first-order chi connectivity index (χ1) is 15.3. The van der Waals surface area contributed by atoms with Gasteiger partial charge in [-0.25, -0.2) is 0 Å². The van der Waals surface area contributed by atoms with Gasteiger partial charge in [0.05, 0.1) is 6.42 Å². The first-order valence-electron chi connectivity index (χ1n) is 11.4. The Morgan fingerprint density at radius 1 is 1.06 bits per heavy atom. The van der Waals surface area contributed by atoms with Crippen LogP contribution >= 0.6 is 0 Å². The number of nitrogens with zero attached hydrogens (tertiary/aromatic N) is 2. The second-order valence-corrected chi connectivity index (χ2v) is 8.77. The molecule has 0 bridgehead atoms. The Bertz CT molecular complexity index is 817. The van der Waals surface area contributed by atoms with Crippen molar-refractivity contribution in [1.82, 2.24) is 15.1 Å². The summed E-state index contributed by atoms with van der Waals surface area (Å²) >= 11 is 0. The number of aromatic hydroxyl groups is 2. The van der Waals surface area contributed by atoms with Gasteiger partial charge in [0, 0.05) is 50.3 Å². The quantitative estimate of drug-likeness (QED) is 0.468. The molecule has 3 amide bonds. The third kappa shape index (κ3) is 6.59. The summed E-state index contributed by atoms with van der Waals surface area (Å²) in [7, 11) is 0. The van der Waals surface area contributed by atoms with Gasteiger partial charge in [0.25, 0.3) is 0 Å². The molecule has 1 heterocycles. The van der Waals surface area contributed by atoms with Gasteiger partial charge in [-0.15, -0.1) is 0 Å². The van der Waals surface area contributed by atoms with Crippen LogP contribution in [0.3, 0.4) is 0 Å². The van der Waals surface area contributed by atoms with E-state index < -0.39 is 17.9 Å². The van der Waals surface area contributed by atoms with E-state index in [9.17, 15) is 24.6 Å². The Labute approximate surface area is 188 Å². The minimum Gasteiger partial charge on any atom is -0.508 e. The second kappa shape index (κ2) is 11.2. The van der Waals surface area contributed by atoms with Crippen LogP contribution in [0.2, 0.25) is 0 Å². The Morgan fingerprint density at radius 2 is 1.75 bits per heavy atom. The van der Waals surface area contributed by atoms with E-state index >= 15 is 0 Å². The molecule has 2 fully saturated rings. The van der Waals surface area contributed by atoms with E-state index in [1.54, 1.807) is 4.90 Å². The fourth-order valence-electron chi connectivity index (χ4n) is 4.64. The molecule has 0 unspecified atom stereocenters. The Morgan fingerprint density at radius 3 is 2.38 bits per heavy atom. The van der Waals surface area contributed by atoms with Crippen LogP contribution in [-0.2, 0) is 20.8 Å². The molecule has 1 aliphatic carbocycles. The summed E-state index contributed by atoms with van der Waals surface area (Å²) in [6, 6.07) is 3.74. The first kappa shape index (κ1) is 23.8. The lowest BCUT2D eigenvalue weighted by Crippen LogP contribution is -2.56. The van der Waals surface area contributed by atoms with Crippen molar-refractivity contribution < 1.29 is 24.6 Å². The van der Waals surface area contributed by atoms with Gasteiger partial charge in [0.1, 0.15) is 17.5 Å². The van der Waals surface area contributed by atoms with Crippen LogP contribution < -0.4 is 11.1 Å². The Hall–Kier alpha value is -2.81. The molecular formula is C23H34N4O5. The van der Waals surface area contributed by atoms with Crippen molar-refractivity contribution in [3.63, 3.8) is 0 Å². The van der Waals surface area contributed by atoms with Crippen molar-refractivity contribution in [2.45, 2.75) is 63.5 Å². The summed E-state index contributed by atoms with van der Waals surface area (Å²) in [5.74, 6) is -1.49. The lowest BCUT2D eigenvalue weighted by atomic mass is 9.94. The molecule has 5 N–H and O–H groups in total. The van der Waals surface area contributed by atoms with Crippen LogP contribution in [0.4, 0.5) is 0 Å². The van der Waals surface area contributed by atoms with Crippen molar-refractivity contribution in [2.75, 3.05) is 26.2 Å². The first-order valence-corrected chi connectivity index (χ1v) is 11.4. The number of phenols is 2. The molecule has 1 aromatic carbocycles. The van der Waals surface area contributed by atoms with Gasteiger partial charge in [-0.3, -0.25) is 19.3 Å². The summed E-state index contributed by atoms with van der Waals surface area (Å²) in [5, 5.41) is 22.0. The second-order valence-electron chi connectivity index (χ2n) is 8.77. The van der Waals surface area contributed by atoms with Crippen molar-refractivity contribution in [3.05, 3.63) is 23.8 Å². The average molecular weight is 447 g/mol. The molecule has 1 aliphatic heterocycles. The maximum Gasteiger partial charge on any atom is 0.245 e. The van der Waals surface area contributed by atoms with Gasteiger partial charge in [-0.2, -0.15) is 0 Å². The van der Waals surface area contributed by atoms with E-state index in [4.69, 9.17) is 5.73 Å². The highest BCUT2D eigenvalue weighted by Gasteiger charge is 2.31. The summed E-state index contributed by atoms with van der Waals surface area (Å²) in [4.78, 5) is 41.2. The largest absolute Gasteiger partial charge is 0.508 e. The highest BCUT2D eigenvalue weighted by atomic mass is 16.3. The van der Waals surface area contributed by atoms with Crippen LogP contribution in [0.15, 0.2) is 18.2 Å². The predicted octanol–water partition coefficient (Wildman–Crippen LogP) is 0.868. The zero-order chi connectivity index (χ0) is 23.1. The molecule has 9 heteroatoms. The maximum atomic E-state index is 13.2. The van der Waals surface area contributed by atoms with Crippen molar-refractivity contribution >= 4 is 17.7 Å². The number of rotatable bonds is 8.